The van der Waals surface area contributed by atoms with Crippen molar-refractivity contribution in [3.63, 3.8) is 0 Å². The van der Waals surface area contributed by atoms with Gasteiger partial charge in [-0.05, 0) is 34.7 Å². The molecule has 1 aliphatic rings. The number of halogens is 1. The second kappa shape index (κ2) is 9.67. The molecule has 9 heteroatoms. The predicted octanol–water partition coefficient (Wildman–Crippen LogP) is 2.46. The van der Waals surface area contributed by atoms with E-state index in [0.29, 0.717) is 0 Å². The number of hydrogen-bond donors (Lipinski definition) is 3. The Hall–Kier alpha value is -3.30. The highest BCUT2D eigenvalue weighted by Gasteiger charge is 2.45. The summed E-state index contributed by atoms with van der Waals surface area (Å²) in [6.07, 6.45) is 0. The van der Waals surface area contributed by atoms with E-state index in [1.54, 1.807) is 19.9 Å². The molecule has 3 N–H and O–H groups in total. The van der Waals surface area contributed by atoms with E-state index in [2.05, 4.69) is 5.32 Å². The summed E-state index contributed by atoms with van der Waals surface area (Å²) in [5, 5.41) is 11.4. The van der Waals surface area contributed by atoms with E-state index in [4.69, 9.17) is 9.94 Å². The van der Waals surface area contributed by atoms with Crippen LogP contribution in [0.4, 0.5) is 9.18 Å². The van der Waals surface area contributed by atoms with Crippen molar-refractivity contribution in [1.82, 2.24) is 15.7 Å². The molecule has 1 fully saturated rings. The maximum Gasteiger partial charge on any atom is 0.325 e. The fraction of sp³-hybridized carbons (Fsp3) is 0.318. The van der Waals surface area contributed by atoms with Gasteiger partial charge in [-0.2, -0.15) is 0 Å². The average molecular weight is 429 g/mol. The molecule has 2 unspecified atom stereocenters. The van der Waals surface area contributed by atoms with Crippen LogP contribution in [0.1, 0.15) is 19.4 Å². The Bertz CT molecular complexity index is 964. The van der Waals surface area contributed by atoms with E-state index < -0.39 is 35.8 Å². The van der Waals surface area contributed by atoms with E-state index in [1.807, 2.05) is 30.3 Å². The van der Waals surface area contributed by atoms with E-state index in [1.165, 1.54) is 17.6 Å². The third kappa shape index (κ3) is 5.07. The number of carbonyl (C=O) groups excluding carboxylic acids is 3. The second-order valence-electron chi connectivity index (χ2n) is 7.60. The number of nitrogens with zero attached hydrogens (tertiary/aromatic N) is 1. The summed E-state index contributed by atoms with van der Waals surface area (Å²) in [6.45, 7) is 3.46. The molecule has 0 spiro atoms. The fourth-order valence-electron chi connectivity index (χ4n) is 3.47. The lowest BCUT2D eigenvalue weighted by molar-refractivity contribution is -0.142. The molecule has 0 bridgehead atoms. The number of hydrogen-bond acceptors (Lipinski definition) is 5. The largest absolute Gasteiger partial charge is 0.374 e. The highest BCUT2D eigenvalue weighted by Crippen LogP contribution is 2.21. The number of imide groups is 1. The first kappa shape index (κ1) is 22.4. The van der Waals surface area contributed by atoms with Gasteiger partial charge in [0.15, 0.2) is 0 Å². The Balaban J connectivity index is 1.58. The van der Waals surface area contributed by atoms with E-state index in [0.717, 1.165) is 21.6 Å². The summed E-state index contributed by atoms with van der Waals surface area (Å²) in [5.41, 5.74) is 3.96. The van der Waals surface area contributed by atoms with Crippen LogP contribution >= 0.6 is 0 Å². The van der Waals surface area contributed by atoms with Crippen molar-refractivity contribution in [2.24, 2.45) is 5.92 Å². The smallest absolute Gasteiger partial charge is 0.325 e. The van der Waals surface area contributed by atoms with Crippen molar-refractivity contribution in [3.05, 3.63) is 59.9 Å². The molecule has 4 amide bonds. The number of nitrogens with one attached hydrogen (secondary N) is 2. The van der Waals surface area contributed by atoms with Gasteiger partial charge in [-0.15, -0.1) is 0 Å². The summed E-state index contributed by atoms with van der Waals surface area (Å²) >= 11 is 0. The minimum Gasteiger partial charge on any atom is -0.374 e. The van der Waals surface area contributed by atoms with Crippen LogP contribution in [0, 0.1) is 11.7 Å². The van der Waals surface area contributed by atoms with Gasteiger partial charge in [0.05, 0.1) is 13.2 Å². The number of urea groups is 1. The van der Waals surface area contributed by atoms with Crippen molar-refractivity contribution < 1.29 is 28.7 Å². The predicted molar refractivity (Wildman–Crippen MR) is 109 cm³/mol. The average Bonchev–Trinajstić information content (AvgIpc) is 3.02. The summed E-state index contributed by atoms with van der Waals surface area (Å²) in [4.78, 5) is 37.6. The SMILES string of the molecule is CC(C)C(C(=O)NO)N1C(=O)NC(COCc2ccc(-c3cccc(F)c3)cc2)C1=O. The van der Waals surface area contributed by atoms with Crippen molar-refractivity contribution in [2.45, 2.75) is 32.5 Å². The monoisotopic (exact) mass is 429 g/mol. The first-order valence-corrected chi connectivity index (χ1v) is 9.82. The van der Waals surface area contributed by atoms with E-state index in [-0.39, 0.29) is 19.0 Å². The number of carbonyl (C=O) groups is 3. The molecule has 0 saturated carbocycles. The normalized spacial score (nSPS) is 17.1. The lowest BCUT2D eigenvalue weighted by atomic mass is 10.0. The molecule has 2 aromatic carbocycles. The highest BCUT2D eigenvalue weighted by atomic mass is 19.1. The van der Waals surface area contributed by atoms with Crippen LogP contribution in [0.2, 0.25) is 0 Å². The number of benzene rings is 2. The van der Waals surface area contributed by atoms with Crippen LogP contribution in [0.25, 0.3) is 11.1 Å². The molecule has 0 aromatic heterocycles. The molecule has 1 saturated heterocycles. The lowest BCUT2D eigenvalue weighted by Crippen LogP contribution is -2.52. The van der Waals surface area contributed by atoms with Crippen LogP contribution in [-0.4, -0.2) is 46.6 Å². The maximum atomic E-state index is 13.4. The standard InChI is InChI=1S/C22H24FN3O5/c1-13(2)19(20(27)25-30)26-21(28)18(24-22(26)29)12-31-11-14-6-8-15(9-7-14)16-4-3-5-17(23)10-16/h3-10,13,18-19,30H,11-12H2,1-2H3,(H,24,29)(H,25,27). The van der Waals surface area contributed by atoms with Crippen LogP contribution in [0.15, 0.2) is 48.5 Å². The second-order valence-corrected chi connectivity index (χ2v) is 7.60. The van der Waals surface area contributed by atoms with E-state index >= 15 is 0 Å². The number of hydroxylamine groups is 1. The van der Waals surface area contributed by atoms with Gasteiger partial charge in [0.1, 0.15) is 17.9 Å². The van der Waals surface area contributed by atoms with Crippen molar-refractivity contribution in [1.29, 1.82) is 0 Å². The van der Waals surface area contributed by atoms with Crippen LogP contribution in [-0.2, 0) is 20.9 Å². The Morgan fingerprint density at radius 3 is 2.52 bits per heavy atom. The van der Waals surface area contributed by atoms with Crippen LogP contribution in [0.3, 0.4) is 0 Å². The van der Waals surface area contributed by atoms with Gasteiger partial charge in [-0.25, -0.2) is 19.6 Å². The summed E-state index contributed by atoms with van der Waals surface area (Å²) in [6, 6.07) is 10.9. The lowest BCUT2D eigenvalue weighted by Gasteiger charge is -2.26. The highest BCUT2D eigenvalue weighted by molar-refractivity contribution is 6.07. The minimum atomic E-state index is -1.13. The molecule has 1 aliphatic heterocycles. The van der Waals surface area contributed by atoms with E-state index in [9.17, 15) is 18.8 Å². The Labute approximate surface area is 179 Å². The molecular formula is C22H24FN3O5. The number of ether oxygens (including phenoxy) is 1. The van der Waals surface area contributed by atoms with Gasteiger partial charge in [-0.3, -0.25) is 14.8 Å². The van der Waals surface area contributed by atoms with Gasteiger partial charge < -0.3 is 10.1 Å². The zero-order valence-electron chi connectivity index (χ0n) is 17.2. The summed E-state index contributed by atoms with van der Waals surface area (Å²) in [7, 11) is 0. The maximum absolute atomic E-state index is 13.4. The van der Waals surface area contributed by atoms with Crippen molar-refractivity contribution in [2.75, 3.05) is 6.61 Å². The zero-order valence-corrected chi connectivity index (χ0v) is 17.2. The van der Waals surface area contributed by atoms with Crippen molar-refractivity contribution >= 4 is 17.8 Å². The van der Waals surface area contributed by atoms with Crippen LogP contribution in [0.5, 0.6) is 0 Å². The van der Waals surface area contributed by atoms with Crippen LogP contribution < -0.4 is 10.8 Å². The molecule has 2 aromatic rings. The minimum absolute atomic E-state index is 0.0712. The number of rotatable bonds is 8. The quantitative estimate of drug-likeness (QED) is 0.339. The molecule has 31 heavy (non-hydrogen) atoms. The van der Waals surface area contributed by atoms with Gasteiger partial charge in [0.2, 0.25) is 0 Å². The molecule has 0 aliphatic carbocycles. The summed E-state index contributed by atoms with van der Waals surface area (Å²) in [5.74, 6) is -2.12. The van der Waals surface area contributed by atoms with Crippen molar-refractivity contribution in [3.8, 4) is 11.1 Å². The topological polar surface area (TPSA) is 108 Å². The summed E-state index contributed by atoms with van der Waals surface area (Å²) < 4.78 is 19.0. The van der Waals surface area contributed by atoms with Gasteiger partial charge >= 0.3 is 6.03 Å². The Morgan fingerprint density at radius 1 is 1.19 bits per heavy atom. The molecule has 8 nitrogen and oxygen atoms in total. The Morgan fingerprint density at radius 2 is 1.90 bits per heavy atom. The first-order chi connectivity index (χ1) is 14.8. The fourth-order valence-corrected chi connectivity index (χ4v) is 3.47. The molecule has 164 valence electrons. The third-order valence-electron chi connectivity index (χ3n) is 5.01. The zero-order chi connectivity index (χ0) is 22.5. The third-order valence-corrected chi connectivity index (χ3v) is 5.01. The molecule has 2 atom stereocenters. The molecule has 1 heterocycles. The van der Waals surface area contributed by atoms with Gasteiger partial charge in [0.25, 0.3) is 11.8 Å². The van der Waals surface area contributed by atoms with Gasteiger partial charge in [-0.1, -0.05) is 50.2 Å². The van der Waals surface area contributed by atoms with Gasteiger partial charge in [0, 0.05) is 0 Å². The Kier molecular flexibility index (Phi) is 6.98. The first-order valence-electron chi connectivity index (χ1n) is 9.82. The molecule has 0 radical (unpaired) electrons. The number of amides is 4. The molecule has 3 rings (SSSR count). The molecular weight excluding hydrogens is 405 g/mol.